The highest BCUT2D eigenvalue weighted by molar-refractivity contribution is 6.35. The summed E-state index contributed by atoms with van der Waals surface area (Å²) in [4.78, 5) is 25.2. The first-order chi connectivity index (χ1) is 16.0. The number of hydrogen-bond donors (Lipinski definition) is 2. The van der Waals surface area contributed by atoms with Crippen LogP contribution in [0.4, 0.5) is 11.4 Å². The number of carbonyl (C=O) groups is 2. The lowest BCUT2D eigenvalue weighted by atomic mass is 10.1. The van der Waals surface area contributed by atoms with Gasteiger partial charge in [0.1, 0.15) is 11.5 Å². The maximum Gasteiger partial charge on any atom is 0.257 e. The zero-order chi connectivity index (χ0) is 23.6. The van der Waals surface area contributed by atoms with Crippen molar-refractivity contribution in [1.29, 1.82) is 0 Å². The summed E-state index contributed by atoms with van der Waals surface area (Å²) in [6.45, 7) is 2.79. The molecule has 3 aromatic rings. The smallest absolute Gasteiger partial charge is 0.257 e. The number of anilines is 2. The topological polar surface area (TPSA) is 76.7 Å². The number of hydrogen-bond acceptors (Lipinski definition) is 4. The van der Waals surface area contributed by atoms with Crippen LogP contribution in [-0.4, -0.2) is 25.0 Å². The first-order valence-electron chi connectivity index (χ1n) is 10.5. The van der Waals surface area contributed by atoms with Crippen LogP contribution in [0, 0.1) is 0 Å². The van der Waals surface area contributed by atoms with Gasteiger partial charge in [0, 0.05) is 17.1 Å². The summed E-state index contributed by atoms with van der Waals surface area (Å²) in [5, 5.41) is 6.58. The van der Waals surface area contributed by atoms with Crippen LogP contribution in [0.5, 0.6) is 11.5 Å². The number of rotatable bonds is 10. The van der Waals surface area contributed by atoms with E-state index in [2.05, 4.69) is 10.6 Å². The van der Waals surface area contributed by atoms with Crippen molar-refractivity contribution in [2.75, 3.05) is 23.8 Å². The Morgan fingerprint density at radius 3 is 2.39 bits per heavy atom. The standard InChI is InChI=1S/C25H24Cl2N2O4/c1-2-32-19-12-10-18(11-13-19)28-25(31)20-6-3-4-7-22(20)29-24(30)8-5-15-33-23-14-9-17(26)16-21(23)27/h3-4,6-7,9-14,16H,2,5,8,15H2,1H3,(H,28,31)(H,29,30). The second kappa shape index (κ2) is 12.1. The molecule has 0 unspecified atom stereocenters. The van der Waals surface area contributed by atoms with E-state index in [1.165, 1.54) is 0 Å². The molecule has 0 spiro atoms. The van der Waals surface area contributed by atoms with Crippen LogP contribution < -0.4 is 20.1 Å². The molecule has 33 heavy (non-hydrogen) atoms. The van der Waals surface area contributed by atoms with Crippen molar-refractivity contribution in [3.63, 3.8) is 0 Å². The molecule has 0 saturated heterocycles. The summed E-state index contributed by atoms with van der Waals surface area (Å²) in [7, 11) is 0. The molecule has 0 aromatic heterocycles. The molecule has 172 valence electrons. The van der Waals surface area contributed by atoms with Gasteiger partial charge in [-0.3, -0.25) is 9.59 Å². The molecule has 3 aromatic carbocycles. The second-order valence-corrected chi connectivity index (χ2v) is 7.88. The third kappa shape index (κ3) is 7.41. The summed E-state index contributed by atoms with van der Waals surface area (Å²) >= 11 is 11.9. The van der Waals surface area contributed by atoms with Crippen LogP contribution in [0.15, 0.2) is 66.7 Å². The van der Waals surface area contributed by atoms with Gasteiger partial charge in [0.05, 0.1) is 29.5 Å². The zero-order valence-electron chi connectivity index (χ0n) is 18.1. The van der Waals surface area contributed by atoms with E-state index in [-0.39, 0.29) is 18.2 Å². The maximum absolute atomic E-state index is 12.8. The lowest BCUT2D eigenvalue weighted by Crippen LogP contribution is -2.18. The number of amides is 2. The van der Waals surface area contributed by atoms with Gasteiger partial charge in [-0.2, -0.15) is 0 Å². The largest absolute Gasteiger partial charge is 0.494 e. The third-order valence-electron chi connectivity index (χ3n) is 4.57. The van der Waals surface area contributed by atoms with Crippen LogP contribution in [0.2, 0.25) is 10.0 Å². The Hall–Kier alpha value is -3.22. The van der Waals surface area contributed by atoms with E-state index in [0.717, 1.165) is 5.75 Å². The predicted octanol–water partition coefficient (Wildman–Crippen LogP) is 6.44. The van der Waals surface area contributed by atoms with Gasteiger partial charge in [-0.1, -0.05) is 35.3 Å². The monoisotopic (exact) mass is 486 g/mol. The number of carbonyl (C=O) groups excluding carboxylic acids is 2. The molecule has 3 rings (SSSR count). The highest BCUT2D eigenvalue weighted by atomic mass is 35.5. The van der Waals surface area contributed by atoms with Crippen molar-refractivity contribution in [3.05, 3.63) is 82.3 Å². The fraction of sp³-hybridized carbons (Fsp3) is 0.200. The van der Waals surface area contributed by atoms with Crippen LogP contribution in [0.25, 0.3) is 0 Å². The van der Waals surface area contributed by atoms with Crippen molar-refractivity contribution >= 4 is 46.4 Å². The third-order valence-corrected chi connectivity index (χ3v) is 5.10. The van der Waals surface area contributed by atoms with E-state index in [1.807, 2.05) is 6.92 Å². The summed E-state index contributed by atoms with van der Waals surface area (Å²) in [6, 6.07) is 18.9. The average Bonchev–Trinajstić information content (AvgIpc) is 2.79. The van der Waals surface area contributed by atoms with E-state index >= 15 is 0 Å². The molecule has 0 radical (unpaired) electrons. The Labute approximate surface area is 202 Å². The normalized spacial score (nSPS) is 10.4. The molecule has 6 nitrogen and oxygen atoms in total. The molecule has 0 heterocycles. The van der Waals surface area contributed by atoms with Crippen molar-refractivity contribution in [1.82, 2.24) is 0 Å². The molecule has 0 aliphatic heterocycles. The Kier molecular flexibility index (Phi) is 8.98. The van der Waals surface area contributed by atoms with Crippen molar-refractivity contribution in [2.24, 2.45) is 0 Å². The molecule has 2 N–H and O–H groups in total. The Morgan fingerprint density at radius 2 is 1.67 bits per heavy atom. The van der Waals surface area contributed by atoms with Gasteiger partial charge in [-0.15, -0.1) is 0 Å². The van der Waals surface area contributed by atoms with Gasteiger partial charge >= 0.3 is 0 Å². The van der Waals surface area contributed by atoms with Crippen molar-refractivity contribution < 1.29 is 19.1 Å². The summed E-state index contributed by atoms with van der Waals surface area (Å²) in [5.41, 5.74) is 1.43. The molecule has 0 saturated carbocycles. The Balaban J connectivity index is 1.52. The molecule has 0 aliphatic rings. The average molecular weight is 487 g/mol. The van der Waals surface area contributed by atoms with Gasteiger partial charge in [-0.05, 0) is 67.9 Å². The zero-order valence-corrected chi connectivity index (χ0v) is 19.6. The fourth-order valence-corrected chi connectivity index (χ4v) is 3.47. The summed E-state index contributed by atoms with van der Waals surface area (Å²) in [5.74, 6) is 0.696. The predicted molar refractivity (Wildman–Crippen MR) is 132 cm³/mol. The van der Waals surface area contributed by atoms with Crippen LogP contribution in [0.1, 0.15) is 30.1 Å². The van der Waals surface area contributed by atoms with E-state index in [9.17, 15) is 9.59 Å². The summed E-state index contributed by atoms with van der Waals surface area (Å²) < 4.78 is 11.0. The minimum Gasteiger partial charge on any atom is -0.494 e. The van der Waals surface area contributed by atoms with E-state index in [0.29, 0.717) is 52.4 Å². The lowest BCUT2D eigenvalue weighted by Gasteiger charge is -2.12. The number of ether oxygens (including phenoxy) is 2. The van der Waals surface area contributed by atoms with Crippen LogP contribution in [0.3, 0.4) is 0 Å². The molecule has 0 aliphatic carbocycles. The number of nitrogens with one attached hydrogen (secondary N) is 2. The Bertz CT molecular complexity index is 1100. The van der Waals surface area contributed by atoms with E-state index in [4.69, 9.17) is 32.7 Å². The number of benzene rings is 3. The Morgan fingerprint density at radius 1 is 0.909 bits per heavy atom. The first kappa shape index (κ1) is 24.4. The molecule has 0 fully saturated rings. The van der Waals surface area contributed by atoms with E-state index < -0.39 is 0 Å². The number of para-hydroxylation sites is 1. The minimum atomic E-state index is -0.323. The van der Waals surface area contributed by atoms with Gasteiger partial charge in [0.25, 0.3) is 5.91 Å². The highest BCUT2D eigenvalue weighted by Gasteiger charge is 2.14. The minimum absolute atomic E-state index is 0.220. The van der Waals surface area contributed by atoms with Crippen molar-refractivity contribution in [3.8, 4) is 11.5 Å². The SMILES string of the molecule is CCOc1ccc(NC(=O)c2ccccc2NC(=O)CCCOc2ccc(Cl)cc2Cl)cc1. The molecule has 0 atom stereocenters. The molecule has 2 amide bonds. The second-order valence-electron chi connectivity index (χ2n) is 7.03. The van der Waals surface area contributed by atoms with E-state index in [1.54, 1.807) is 66.7 Å². The highest BCUT2D eigenvalue weighted by Crippen LogP contribution is 2.27. The fourth-order valence-electron chi connectivity index (χ4n) is 3.01. The lowest BCUT2D eigenvalue weighted by molar-refractivity contribution is -0.116. The van der Waals surface area contributed by atoms with Gasteiger partial charge in [0.2, 0.25) is 5.91 Å². The maximum atomic E-state index is 12.8. The molecular weight excluding hydrogens is 463 g/mol. The van der Waals surface area contributed by atoms with Crippen molar-refractivity contribution in [2.45, 2.75) is 19.8 Å². The number of halogens is 2. The molecule has 0 bridgehead atoms. The van der Waals surface area contributed by atoms with Gasteiger partial charge in [0.15, 0.2) is 0 Å². The molecule has 8 heteroatoms. The van der Waals surface area contributed by atoms with Gasteiger partial charge in [-0.25, -0.2) is 0 Å². The quantitative estimate of drug-likeness (QED) is 0.323. The van der Waals surface area contributed by atoms with Gasteiger partial charge < -0.3 is 20.1 Å². The van der Waals surface area contributed by atoms with Crippen LogP contribution in [-0.2, 0) is 4.79 Å². The summed E-state index contributed by atoms with van der Waals surface area (Å²) in [6.07, 6.45) is 0.700. The molecular formula is C25H24Cl2N2O4. The first-order valence-corrected chi connectivity index (χ1v) is 11.2. The van der Waals surface area contributed by atoms with Crippen LogP contribution >= 0.6 is 23.2 Å².